The molecule has 132 valence electrons. The lowest BCUT2D eigenvalue weighted by atomic mass is 9.79. The van der Waals surface area contributed by atoms with Crippen molar-refractivity contribution in [2.24, 2.45) is 0 Å². The number of nitrogens with zero attached hydrogens (tertiary/aromatic N) is 1. The van der Waals surface area contributed by atoms with Crippen LogP contribution in [0.5, 0.6) is 0 Å². The van der Waals surface area contributed by atoms with Gasteiger partial charge in [-0.2, -0.15) is 0 Å². The number of carboxylic acids is 1. The van der Waals surface area contributed by atoms with E-state index in [9.17, 15) is 19.5 Å². The number of carbonyl (C=O) groups is 3. The molecule has 8 nitrogen and oxygen atoms in total. The Bertz CT molecular complexity index is 579. The third kappa shape index (κ3) is 5.07. The number of nitrogens with one attached hydrogen (secondary N) is 3. The third-order valence-corrected chi connectivity index (χ3v) is 4.36. The maximum Gasteiger partial charge on any atom is 0.305 e. The fourth-order valence-corrected chi connectivity index (χ4v) is 3.28. The van der Waals surface area contributed by atoms with Crippen LogP contribution in [0.25, 0.3) is 0 Å². The van der Waals surface area contributed by atoms with Crippen molar-refractivity contribution in [2.75, 3.05) is 0 Å². The van der Waals surface area contributed by atoms with E-state index in [-0.39, 0.29) is 24.7 Å². The maximum absolute atomic E-state index is 12.7. The molecular formula is C16H24N4O4. The zero-order chi connectivity index (χ0) is 17.6. The maximum atomic E-state index is 12.7. The quantitative estimate of drug-likeness (QED) is 0.585. The number of amides is 2. The van der Waals surface area contributed by atoms with Crippen molar-refractivity contribution in [2.45, 2.75) is 63.5 Å². The third-order valence-electron chi connectivity index (χ3n) is 4.36. The zero-order valence-corrected chi connectivity index (χ0v) is 13.8. The number of aliphatic carboxylic acids is 1. The summed E-state index contributed by atoms with van der Waals surface area (Å²) in [6.45, 7) is 1.35. The van der Waals surface area contributed by atoms with E-state index in [2.05, 4.69) is 20.6 Å². The molecule has 1 heterocycles. The van der Waals surface area contributed by atoms with Crippen molar-refractivity contribution in [1.82, 2.24) is 20.6 Å². The van der Waals surface area contributed by atoms with Gasteiger partial charge in [-0.25, -0.2) is 4.98 Å². The SMILES string of the molecule is CC(=O)NC(Cc1cnc[nH]1)C(=O)NC1(CC(=O)O)CCCCC1. The number of rotatable bonds is 7. The van der Waals surface area contributed by atoms with Gasteiger partial charge in [-0.15, -0.1) is 0 Å². The first kappa shape index (κ1) is 18.0. The molecule has 1 fully saturated rings. The van der Waals surface area contributed by atoms with Gasteiger partial charge in [0.1, 0.15) is 6.04 Å². The second kappa shape index (κ2) is 7.94. The van der Waals surface area contributed by atoms with Crippen LogP contribution < -0.4 is 10.6 Å². The van der Waals surface area contributed by atoms with Crippen molar-refractivity contribution in [3.05, 3.63) is 18.2 Å². The summed E-state index contributed by atoms with van der Waals surface area (Å²) >= 11 is 0. The summed E-state index contributed by atoms with van der Waals surface area (Å²) in [5.74, 6) is -1.60. The summed E-state index contributed by atoms with van der Waals surface area (Å²) in [5.41, 5.74) is -0.00822. The average molecular weight is 336 g/mol. The second-order valence-corrected chi connectivity index (χ2v) is 6.43. The van der Waals surface area contributed by atoms with E-state index >= 15 is 0 Å². The lowest BCUT2D eigenvalue weighted by Gasteiger charge is -2.38. The molecule has 0 aromatic carbocycles. The van der Waals surface area contributed by atoms with Gasteiger partial charge in [0.05, 0.1) is 18.3 Å². The van der Waals surface area contributed by atoms with E-state index in [1.807, 2.05) is 0 Å². The molecule has 1 aromatic rings. The molecule has 0 radical (unpaired) electrons. The first-order chi connectivity index (χ1) is 11.4. The Labute approximate surface area is 140 Å². The molecule has 0 bridgehead atoms. The number of aromatic nitrogens is 2. The molecule has 1 saturated carbocycles. The first-order valence-electron chi connectivity index (χ1n) is 8.18. The van der Waals surface area contributed by atoms with Gasteiger partial charge >= 0.3 is 5.97 Å². The van der Waals surface area contributed by atoms with Gasteiger partial charge in [0.15, 0.2) is 0 Å². The largest absolute Gasteiger partial charge is 0.481 e. The monoisotopic (exact) mass is 336 g/mol. The molecule has 4 N–H and O–H groups in total. The van der Waals surface area contributed by atoms with Crippen molar-refractivity contribution < 1.29 is 19.5 Å². The summed E-state index contributed by atoms with van der Waals surface area (Å²) in [6, 6.07) is -0.768. The number of carboxylic acid groups (broad SMARTS) is 1. The summed E-state index contributed by atoms with van der Waals surface area (Å²) < 4.78 is 0. The molecule has 1 aromatic heterocycles. The van der Waals surface area contributed by atoms with Gasteiger partial charge < -0.3 is 20.7 Å². The fourth-order valence-electron chi connectivity index (χ4n) is 3.28. The number of aromatic amines is 1. The van der Waals surface area contributed by atoms with Gasteiger partial charge in [-0.1, -0.05) is 19.3 Å². The predicted octanol–water partition coefficient (Wildman–Crippen LogP) is 0.751. The number of hydrogen-bond acceptors (Lipinski definition) is 4. The molecule has 1 aliphatic rings. The van der Waals surface area contributed by atoms with E-state index in [1.165, 1.54) is 13.3 Å². The van der Waals surface area contributed by atoms with Gasteiger partial charge in [-0.3, -0.25) is 14.4 Å². The Morgan fingerprint density at radius 1 is 1.33 bits per heavy atom. The molecule has 2 rings (SSSR count). The van der Waals surface area contributed by atoms with Crippen molar-refractivity contribution in [3.63, 3.8) is 0 Å². The van der Waals surface area contributed by atoms with E-state index < -0.39 is 17.6 Å². The van der Waals surface area contributed by atoms with Crippen LogP contribution in [0.2, 0.25) is 0 Å². The minimum atomic E-state index is -0.929. The predicted molar refractivity (Wildman–Crippen MR) is 86.1 cm³/mol. The number of imidazole rings is 1. The minimum Gasteiger partial charge on any atom is -0.481 e. The Hall–Kier alpha value is -2.38. The summed E-state index contributed by atoms with van der Waals surface area (Å²) in [6.07, 6.45) is 7.37. The van der Waals surface area contributed by atoms with E-state index in [1.54, 1.807) is 6.20 Å². The summed E-state index contributed by atoms with van der Waals surface area (Å²) in [4.78, 5) is 42.2. The van der Waals surface area contributed by atoms with Gasteiger partial charge in [0.25, 0.3) is 0 Å². The Balaban J connectivity index is 2.11. The van der Waals surface area contributed by atoms with Crippen LogP contribution in [-0.2, 0) is 20.8 Å². The van der Waals surface area contributed by atoms with E-state index in [4.69, 9.17) is 0 Å². The van der Waals surface area contributed by atoms with Crippen molar-refractivity contribution >= 4 is 17.8 Å². The molecule has 0 aliphatic heterocycles. The number of carbonyl (C=O) groups excluding carboxylic acids is 2. The normalized spacial score (nSPS) is 17.7. The molecule has 0 spiro atoms. The highest BCUT2D eigenvalue weighted by Gasteiger charge is 2.37. The molecule has 0 saturated heterocycles. The summed E-state index contributed by atoms with van der Waals surface area (Å²) in [7, 11) is 0. The standard InChI is InChI=1S/C16H24N4O4/c1-11(21)19-13(7-12-9-17-10-18-12)15(24)20-16(8-14(22)23)5-3-2-4-6-16/h9-10,13H,2-8H2,1H3,(H,17,18)(H,19,21)(H,20,24)(H,22,23). The molecule has 8 heteroatoms. The first-order valence-corrected chi connectivity index (χ1v) is 8.18. The lowest BCUT2D eigenvalue weighted by Crippen LogP contribution is -2.57. The van der Waals surface area contributed by atoms with E-state index in [0.29, 0.717) is 12.8 Å². The summed E-state index contributed by atoms with van der Waals surface area (Å²) in [5, 5.41) is 14.7. The highest BCUT2D eigenvalue weighted by molar-refractivity contribution is 5.88. The molecule has 1 unspecified atom stereocenters. The lowest BCUT2D eigenvalue weighted by molar-refractivity contribution is -0.140. The highest BCUT2D eigenvalue weighted by atomic mass is 16.4. The minimum absolute atomic E-state index is 0.102. The molecule has 2 amide bonds. The van der Waals surface area contributed by atoms with Crippen LogP contribution >= 0.6 is 0 Å². The van der Waals surface area contributed by atoms with Crippen LogP contribution in [0, 0.1) is 0 Å². The van der Waals surface area contributed by atoms with Crippen molar-refractivity contribution in [1.29, 1.82) is 0 Å². The molecular weight excluding hydrogens is 312 g/mol. The van der Waals surface area contributed by atoms with Gasteiger partial charge in [0.2, 0.25) is 11.8 Å². The van der Waals surface area contributed by atoms with Crippen molar-refractivity contribution in [3.8, 4) is 0 Å². The zero-order valence-electron chi connectivity index (χ0n) is 13.8. The Kier molecular flexibility index (Phi) is 5.94. The van der Waals surface area contributed by atoms with Crippen LogP contribution in [-0.4, -0.2) is 44.4 Å². The Morgan fingerprint density at radius 2 is 2.04 bits per heavy atom. The van der Waals surface area contributed by atoms with Gasteiger partial charge in [0, 0.05) is 25.2 Å². The fraction of sp³-hybridized carbons (Fsp3) is 0.625. The molecule has 1 atom stereocenters. The Morgan fingerprint density at radius 3 is 2.58 bits per heavy atom. The van der Waals surface area contributed by atoms with Crippen LogP contribution in [0.3, 0.4) is 0 Å². The smallest absolute Gasteiger partial charge is 0.305 e. The molecule has 24 heavy (non-hydrogen) atoms. The highest BCUT2D eigenvalue weighted by Crippen LogP contribution is 2.31. The van der Waals surface area contributed by atoms with E-state index in [0.717, 1.165) is 25.0 Å². The molecule has 1 aliphatic carbocycles. The number of H-pyrrole nitrogens is 1. The van der Waals surface area contributed by atoms with Crippen LogP contribution in [0.15, 0.2) is 12.5 Å². The van der Waals surface area contributed by atoms with Gasteiger partial charge in [-0.05, 0) is 12.8 Å². The van der Waals surface area contributed by atoms with Crippen LogP contribution in [0.4, 0.5) is 0 Å². The topological polar surface area (TPSA) is 124 Å². The van der Waals surface area contributed by atoms with Crippen LogP contribution in [0.1, 0.15) is 51.1 Å². The number of hydrogen-bond donors (Lipinski definition) is 4. The average Bonchev–Trinajstić information content (AvgIpc) is 2.99. The second-order valence-electron chi connectivity index (χ2n) is 6.43.